The zero-order chi connectivity index (χ0) is 20.8. The number of nitrogens with zero attached hydrogens (tertiary/aromatic N) is 3. The number of phenols is 2. The number of halogens is 3. The van der Waals surface area contributed by atoms with E-state index in [1.807, 2.05) is 0 Å². The molecule has 28 heavy (non-hydrogen) atoms. The van der Waals surface area contributed by atoms with E-state index in [1.54, 1.807) is 0 Å². The lowest BCUT2D eigenvalue weighted by Crippen LogP contribution is -2.19. The highest BCUT2D eigenvalue weighted by Gasteiger charge is 2.37. The molecule has 2 aromatic heterocycles. The summed E-state index contributed by atoms with van der Waals surface area (Å²) in [6.45, 7) is 1.26. The molecule has 0 fully saturated rings. The van der Waals surface area contributed by atoms with Crippen LogP contribution >= 0.6 is 0 Å². The molecule has 0 aliphatic rings. The smallest absolute Gasteiger partial charge is 0.417 e. The lowest BCUT2D eigenvalue weighted by Gasteiger charge is -2.10. The molecule has 0 aliphatic carbocycles. The number of aromatic nitrogens is 3. The number of aryl methyl sites for hydroxylation is 1. The number of phenolic OH excluding ortho intramolecular Hbond substituents is 2. The third-order valence-electron chi connectivity index (χ3n) is 3.64. The van der Waals surface area contributed by atoms with Crippen LogP contribution in [0.25, 0.3) is 22.8 Å². The Morgan fingerprint density at radius 3 is 2.54 bits per heavy atom. The van der Waals surface area contributed by atoms with Crippen molar-refractivity contribution >= 4 is 5.69 Å². The van der Waals surface area contributed by atoms with Crippen LogP contribution < -0.4 is 5.56 Å². The van der Waals surface area contributed by atoms with Gasteiger partial charge in [0.25, 0.3) is 11.4 Å². The van der Waals surface area contributed by atoms with Crippen LogP contribution in [0.1, 0.15) is 11.3 Å². The van der Waals surface area contributed by atoms with Crippen molar-refractivity contribution in [1.29, 1.82) is 0 Å². The van der Waals surface area contributed by atoms with Gasteiger partial charge in [-0.2, -0.15) is 18.2 Å². The molecule has 3 aromatic rings. The number of benzene rings is 1. The second-order valence-corrected chi connectivity index (χ2v) is 5.61. The summed E-state index contributed by atoms with van der Waals surface area (Å²) in [4.78, 5) is 27.8. The fourth-order valence-electron chi connectivity index (χ4n) is 2.44. The Hall–Kier alpha value is -3.90. The van der Waals surface area contributed by atoms with Crippen LogP contribution in [0.2, 0.25) is 0 Å². The van der Waals surface area contributed by atoms with Crippen molar-refractivity contribution < 1.29 is 32.8 Å². The third kappa shape index (κ3) is 3.24. The van der Waals surface area contributed by atoms with Crippen LogP contribution in [0, 0.1) is 17.0 Å². The largest absolute Gasteiger partial charge is 0.504 e. The highest BCUT2D eigenvalue weighted by atomic mass is 19.4. The van der Waals surface area contributed by atoms with Crippen molar-refractivity contribution in [1.82, 2.24) is 15.1 Å². The Morgan fingerprint density at radius 1 is 1.25 bits per heavy atom. The van der Waals surface area contributed by atoms with E-state index in [4.69, 9.17) is 4.52 Å². The van der Waals surface area contributed by atoms with Gasteiger partial charge in [0.15, 0.2) is 5.75 Å². The summed E-state index contributed by atoms with van der Waals surface area (Å²) in [6.07, 6.45) is -4.88. The average molecular weight is 398 g/mol. The number of alkyl halides is 3. The fraction of sp³-hybridized carbons (Fsp3) is 0.133. The summed E-state index contributed by atoms with van der Waals surface area (Å²) in [6, 6.07) is 2.31. The minimum absolute atomic E-state index is 0.0381. The zero-order valence-electron chi connectivity index (χ0n) is 13.7. The standard InChI is InChI=1S/C15H9F3N4O6/c1-5-2-7(15(16,17)18)10(13(25)19-5)12-20-14(28-21-12)6-3-8(22(26)27)11(24)9(23)4-6/h2-4,23-24H,1H3,(H,19,25). The normalized spacial score (nSPS) is 11.6. The summed E-state index contributed by atoms with van der Waals surface area (Å²) in [7, 11) is 0. The number of nitro groups is 1. The predicted molar refractivity (Wildman–Crippen MR) is 85.5 cm³/mol. The maximum absolute atomic E-state index is 13.3. The predicted octanol–water partition coefficient (Wildman–Crippen LogP) is 2.74. The van der Waals surface area contributed by atoms with Crippen molar-refractivity contribution in [2.45, 2.75) is 13.1 Å². The number of nitrogens with one attached hydrogen (secondary N) is 1. The Morgan fingerprint density at radius 2 is 1.93 bits per heavy atom. The van der Waals surface area contributed by atoms with Crippen LogP contribution in [0.5, 0.6) is 11.5 Å². The van der Waals surface area contributed by atoms with Gasteiger partial charge < -0.3 is 19.7 Å². The average Bonchev–Trinajstić information content (AvgIpc) is 3.05. The van der Waals surface area contributed by atoms with Crippen LogP contribution in [-0.2, 0) is 6.18 Å². The Bertz CT molecular complexity index is 1150. The van der Waals surface area contributed by atoms with Gasteiger partial charge in [0.05, 0.1) is 16.1 Å². The van der Waals surface area contributed by atoms with Gasteiger partial charge in [-0.1, -0.05) is 5.16 Å². The summed E-state index contributed by atoms with van der Waals surface area (Å²) in [5.41, 5.74) is -4.48. The summed E-state index contributed by atoms with van der Waals surface area (Å²) >= 11 is 0. The number of H-pyrrole nitrogens is 1. The molecule has 0 unspecified atom stereocenters. The third-order valence-corrected chi connectivity index (χ3v) is 3.64. The van der Waals surface area contributed by atoms with E-state index >= 15 is 0 Å². The molecule has 0 radical (unpaired) electrons. The molecule has 2 heterocycles. The molecule has 0 bridgehead atoms. The van der Waals surface area contributed by atoms with E-state index in [0.29, 0.717) is 6.07 Å². The van der Waals surface area contributed by atoms with E-state index in [9.17, 15) is 38.3 Å². The number of pyridine rings is 1. The van der Waals surface area contributed by atoms with Crippen LogP contribution in [0.15, 0.2) is 27.5 Å². The van der Waals surface area contributed by atoms with Gasteiger partial charge in [-0.15, -0.1) is 0 Å². The van der Waals surface area contributed by atoms with Gasteiger partial charge in [-0.3, -0.25) is 14.9 Å². The Kier molecular flexibility index (Phi) is 4.29. The molecule has 13 heteroatoms. The molecule has 0 saturated heterocycles. The van der Waals surface area contributed by atoms with Crippen molar-refractivity contribution in [2.24, 2.45) is 0 Å². The number of rotatable bonds is 3. The second kappa shape index (κ2) is 6.37. The Balaban J connectivity index is 2.18. The van der Waals surface area contributed by atoms with E-state index in [2.05, 4.69) is 15.1 Å². The van der Waals surface area contributed by atoms with E-state index in [0.717, 1.165) is 12.1 Å². The molecule has 0 amide bonds. The molecular formula is C15H9F3N4O6. The molecule has 1 aromatic carbocycles. The van der Waals surface area contributed by atoms with E-state index in [1.165, 1.54) is 6.92 Å². The lowest BCUT2D eigenvalue weighted by molar-refractivity contribution is -0.385. The van der Waals surface area contributed by atoms with Gasteiger partial charge in [0.2, 0.25) is 11.6 Å². The number of hydrogen-bond donors (Lipinski definition) is 3. The van der Waals surface area contributed by atoms with Crippen molar-refractivity contribution in [3.8, 4) is 34.3 Å². The van der Waals surface area contributed by atoms with E-state index in [-0.39, 0.29) is 11.3 Å². The number of nitro benzene ring substituents is 1. The highest BCUT2D eigenvalue weighted by molar-refractivity contribution is 5.69. The molecule has 3 rings (SSSR count). The maximum Gasteiger partial charge on any atom is 0.417 e. The summed E-state index contributed by atoms with van der Waals surface area (Å²) in [5, 5.41) is 33.3. The first-order valence-electron chi connectivity index (χ1n) is 7.35. The molecule has 10 nitrogen and oxygen atoms in total. The molecule has 0 aliphatic heterocycles. The monoisotopic (exact) mass is 398 g/mol. The second-order valence-electron chi connectivity index (χ2n) is 5.61. The van der Waals surface area contributed by atoms with Gasteiger partial charge in [0.1, 0.15) is 5.56 Å². The van der Waals surface area contributed by atoms with Crippen molar-refractivity contribution in [3.63, 3.8) is 0 Å². The van der Waals surface area contributed by atoms with Crippen LogP contribution in [0.3, 0.4) is 0 Å². The number of aromatic hydroxyl groups is 2. The zero-order valence-corrected chi connectivity index (χ0v) is 13.7. The molecular weight excluding hydrogens is 389 g/mol. The number of aromatic amines is 1. The minimum atomic E-state index is -4.88. The topological polar surface area (TPSA) is 155 Å². The first-order valence-corrected chi connectivity index (χ1v) is 7.35. The SMILES string of the molecule is Cc1cc(C(F)(F)F)c(-c2noc(-c3cc(O)c(O)c([N+](=O)[O-])c3)n2)c(=O)[nH]1. The minimum Gasteiger partial charge on any atom is -0.504 e. The van der Waals surface area contributed by atoms with Crippen molar-refractivity contribution in [3.05, 3.63) is 49.9 Å². The van der Waals surface area contributed by atoms with Gasteiger partial charge >= 0.3 is 11.9 Å². The number of hydrogen-bond acceptors (Lipinski definition) is 8. The molecule has 3 N–H and O–H groups in total. The Labute approximate surface area is 152 Å². The van der Waals surface area contributed by atoms with Gasteiger partial charge in [-0.05, 0) is 19.1 Å². The maximum atomic E-state index is 13.3. The van der Waals surface area contributed by atoms with Crippen LogP contribution in [-0.4, -0.2) is 30.3 Å². The first-order chi connectivity index (χ1) is 13.0. The molecule has 0 atom stereocenters. The molecule has 0 saturated carbocycles. The van der Waals surface area contributed by atoms with Crippen LogP contribution in [0.4, 0.5) is 18.9 Å². The van der Waals surface area contributed by atoms with Gasteiger partial charge in [0, 0.05) is 11.8 Å². The molecule has 146 valence electrons. The quantitative estimate of drug-likeness (QED) is 0.345. The summed E-state index contributed by atoms with van der Waals surface area (Å²) < 4.78 is 44.7. The fourth-order valence-corrected chi connectivity index (χ4v) is 2.44. The van der Waals surface area contributed by atoms with E-state index < -0.39 is 56.7 Å². The molecule has 0 spiro atoms. The summed E-state index contributed by atoms with van der Waals surface area (Å²) in [5.74, 6) is -3.11. The van der Waals surface area contributed by atoms with Gasteiger partial charge in [-0.25, -0.2) is 0 Å². The first kappa shape index (κ1) is 18.9. The lowest BCUT2D eigenvalue weighted by atomic mass is 10.1. The van der Waals surface area contributed by atoms with Crippen molar-refractivity contribution in [2.75, 3.05) is 0 Å². The highest BCUT2D eigenvalue weighted by Crippen LogP contribution is 2.40.